The third kappa shape index (κ3) is 5.08. The van der Waals surface area contributed by atoms with Crippen LogP contribution in [0.25, 0.3) is 0 Å². The van der Waals surface area contributed by atoms with E-state index in [1.807, 2.05) is 18.2 Å². The molecule has 1 saturated heterocycles. The molecule has 3 rings (SSSR count). The summed E-state index contributed by atoms with van der Waals surface area (Å²) in [5, 5.41) is 3.51. The molecule has 0 aliphatic carbocycles. The van der Waals surface area contributed by atoms with Gasteiger partial charge in [0, 0.05) is 45.3 Å². The molecule has 1 heterocycles. The van der Waals surface area contributed by atoms with Gasteiger partial charge in [-0.15, -0.1) is 0 Å². The average Bonchev–Trinajstić information content (AvgIpc) is 2.64. The predicted molar refractivity (Wildman–Crippen MR) is 96.3 cm³/mol. The number of nitrogens with one attached hydrogen (secondary N) is 1. The molecular weight excluding hydrogens is 320 g/mol. The van der Waals surface area contributed by atoms with Crippen LogP contribution in [-0.2, 0) is 6.54 Å². The fourth-order valence-electron chi connectivity index (χ4n) is 3.15. The Balaban J connectivity index is 1.67. The Hall–Kier alpha value is -1.82. The average molecular weight is 345 g/mol. The second kappa shape index (κ2) is 8.52. The molecule has 0 bridgehead atoms. The number of rotatable bonds is 6. The van der Waals surface area contributed by atoms with Gasteiger partial charge in [-0.1, -0.05) is 36.4 Å². The van der Waals surface area contributed by atoms with E-state index in [-0.39, 0.29) is 6.04 Å². The van der Waals surface area contributed by atoms with Gasteiger partial charge in [-0.25, -0.2) is 8.78 Å². The van der Waals surface area contributed by atoms with E-state index in [9.17, 15) is 8.78 Å². The second-order valence-electron chi connectivity index (χ2n) is 6.70. The maximum absolute atomic E-state index is 13.4. The van der Waals surface area contributed by atoms with E-state index in [0.29, 0.717) is 6.54 Å². The van der Waals surface area contributed by atoms with E-state index in [4.69, 9.17) is 0 Å². The molecule has 0 radical (unpaired) electrons. The summed E-state index contributed by atoms with van der Waals surface area (Å²) in [4.78, 5) is 4.79. The van der Waals surface area contributed by atoms with Crippen molar-refractivity contribution in [1.29, 1.82) is 0 Å². The molecular formula is C20H25F2N3. The van der Waals surface area contributed by atoms with Crippen molar-refractivity contribution in [3.05, 3.63) is 71.3 Å². The summed E-state index contributed by atoms with van der Waals surface area (Å²) in [6.07, 6.45) is 0. The zero-order chi connectivity index (χ0) is 17.6. The van der Waals surface area contributed by atoms with Crippen molar-refractivity contribution < 1.29 is 8.78 Å². The fraction of sp³-hybridized carbons (Fsp3) is 0.400. The summed E-state index contributed by atoms with van der Waals surface area (Å²) in [6, 6.07) is 14.5. The number of halogens is 2. The van der Waals surface area contributed by atoms with Crippen molar-refractivity contribution in [2.45, 2.75) is 12.6 Å². The third-order valence-corrected chi connectivity index (χ3v) is 4.78. The SMILES string of the molecule is CN1CCN(C[C@H](NCc2ccc(F)c(F)c2)c2ccccc2)CC1. The Kier molecular flexibility index (Phi) is 6.13. The van der Waals surface area contributed by atoms with Crippen LogP contribution < -0.4 is 5.32 Å². The van der Waals surface area contributed by atoms with Crippen LogP contribution in [0.5, 0.6) is 0 Å². The van der Waals surface area contributed by atoms with Crippen molar-refractivity contribution in [3.63, 3.8) is 0 Å². The van der Waals surface area contributed by atoms with Crippen LogP contribution in [0.15, 0.2) is 48.5 Å². The van der Waals surface area contributed by atoms with Gasteiger partial charge in [0.25, 0.3) is 0 Å². The van der Waals surface area contributed by atoms with Crippen molar-refractivity contribution in [2.75, 3.05) is 39.8 Å². The summed E-state index contributed by atoms with van der Waals surface area (Å²) in [5.41, 5.74) is 1.96. The van der Waals surface area contributed by atoms with Gasteiger partial charge >= 0.3 is 0 Å². The highest BCUT2D eigenvalue weighted by atomic mass is 19.2. The standard InChI is InChI=1S/C20H25F2N3/c1-24-9-11-25(12-10-24)15-20(17-5-3-2-4-6-17)23-14-16-7-8-18(21)19(22)13-16/h2-8,13,20,23H,9-12,14-15H2,1H3/t20-/m0/s1. The first-order valence-electron chi connectivity index (χ1n) is 8.75. The number of likely N-dealkylation sites (N-methyl/N-ethyl adjacent to an activating group) is 1. The molecule has 1 aliphatic rings. The lowest BCUT2D eigenvalue weighted by Crippen LogP contribution is -2.47. The Morgan fingerprint density at radius 2 is 1.68 bits per heavy atom. The minimum absolute atomic E-state index is 0.151. The molecule has 2 aromatic carbocycles. The van der Waals surface area contributed by atoms with Crippen LogP contribution in [-0.4, -0.2) is 49.6 Å². The topological polar surface area (TPSA) is 18.5 Å². The first kappa shape index (κ1) is 18.0. The van der Waals surface area contributed by atoms with Crippen LogP contribution in [0.1, 0.15) is 17.2 Å². The molecule has 0 unspecified atom stereocenters. The van der Waals surface area contributed by atoms with Crippen LogP contribution in [0.4, 0.5) is 8.78 Å². The van der Waals surface area contributed by atoms with Crippen LogP contribution >= 0.6 is 0 Å². The second-order valence-corrected chi connectivity index (χ2v) is 6.70. The minimum atomic E-state index is -0.805. The Bertz CT molecular complexity index is 670. The Morgan fingerprint density at radius 1 is 0.960 bits per heavy atom. The predicted octanol–water partition coefficient (Wildman–Crippen LogP) is 3.04. The van der Waals surface area contributed by atoms with Gasteiger partial charge in [-0.3, -0.25) is 4.90 Å². The van der Waals surface area contributed by atoms with Crippen LogP contribution in [0.2, 0.25) is 0 Å². The quantitative estimate of drug-likeness (QED) is 0.868. The summed E-state index contributed by atoms with van der Waals surface area (Å²) < 4.78 is 26.5. The van der Waals surface area contributed by atoms with E-state index in [2.05, 4.69) is 34.3 Å². The van der Waals surface area contributed by atoms with Gasteiger partial charge in [-0.05, 0) is 30.3 Å². The van der Waals surface area contributed by atoms with Gasteiger partial charge in [0.2, 0.25) is 0 Å². The lowest BCUT2D eigenvalue weighted by Gasteiger charge is -2.35. The highest BCUT2D eigenvalue weighted by Crippen LogP contribution is 2.17. The third-order valence-electron chi connectivity index (χ3n) is 4.78. The lowest BCUT2D eigenvalue weighted by molar-refractivity contribution is 0.142. The molecule has 1 aliphatic heterocycles. The summed E-state index contributed by atoms with van der Waals surface area (Å²) in [5.74, 6) is -1.60. The van der Waals surface area contributed by atoms with Crippen molar-refractivity contribution in [3.8, 4) is 0 Å². The highest BCUT2D eigenvalue weighted by molar-refractivity contribution is 5.21. The maximum atomic E-state index is 13.4. The molecule has 25 heavy (non-hydrogen) atoms. The van der Waals surface area contributed by atoms with E-state index in [1.54, 1.807) is 6.07 Å². The number of nitrogens with zero attached hydrogens (tertiary/aromatic N) is 2. The first-order chi connectivity index (χ1) is 12.1. The van der Waals surface area contributed by atoms with Gasteiger partial charge in [0.15, 0.2) is 11.6 Å². The molecule has 2 aromatic rings. The molecule has 134 valence electrons. The fourth-order valence-corrected chi connectivity index (χ4v) is 3.15. The van der Waals surface area contributed by atoms with Crippen LogP contribution in [0.3, 0.4) is 0 Å². The van der Waals surface area contributed by atoms with Crippen molar-refractivity contribution in [1.82, 2.24) is 15.1 Å². The number of hydrogen-bond donors (Lipinski definition) is 1. The normalized spacial score (nSPS) is 17.6. The first-order valence-corrected chi connectivity index (χ1v) is 8.75. The van der Waals surface area contributed by atoms with Crippen molar-refractivity contribution in [2.24, 2.45) is 0 Å². The van der Waals surface area contributed by atoms with Gasteiger partial charge in [0.1, 0.15) is 0 Å². The zero-order valence-corrected chi connectivity index (χ0v) is 14.6. The highest BCUT2D eigenvalue weighted by Gasteiger charge is 2.19. The molecule has 1 N–H and O–H groups in total. The molecule has 1 fully saturated rings. The molecule has 0 saturated carbocycles. The van der Waals surface area contributed by atoms with E-state index < -0.39 is 11.6 Å². The van der Waals surface area contributed by atoms with Gasteiger partial charge in [-0.2, -0.15) is 0 Å². The largest absolute Gasteiger partial charge is 0.305 e. The Morgan fingerprint density at radius 3 is 2.36 bits per heavy atom. The maximum Gasteiger partial charge on any atom is 0.159 e. The smallest absolute Gasteiger partial charge is 0.159 e. The molecule has 0 spiro atoms. The summed E-state index contributed by atoms with van der Waals surface area (Å²) >= 11 is 0. The Labute approximate surface area is 148 Å². The van der Waals surface area contributed by atoms with Crippen molar-refractivity contribution >= 4 is 0 Å². The molecule has 0 amide bonds. The molecule has 0 aromatic heterocycles. The van der Waals surface area contributed by atoms with Gasteiger partial charge in [0.05, 0.1) is 0 Å². The van der Waals surface area contributed by atoms with E-state index >= 15 is 0 Å². The minimum Gasteiger partial charge on any atom is -0.305 e. The zero-order valence-electron chi connectivity index (χ0n) is 14.6. The van der Waals surface area contributed by atoms with E-state index in [0.717, 1.165) is 38.3 Å². The van der Waals surface area contributed by atoms with E-state index in [1.165, 1.54) is 17.7 Å². The lowest BCUT2D eigenvalue weighted by atomic mass is 10.1. The number of benzene rings is 2. The molecule has 3 nitrogen and oxygen atoms in total. The summed E-state index contributed by atoms with van der Waals surface area (Å²) in [6.45, 7) is 5.65. The monoisotopic (exact) mass is 345 g/mol. The summed E-state index contributed by atoms with van der Waals surface area (Å²) in [7, 11) is 2.15. The molecule has 1 atom stereocenters. The number of piperazine rings is 1. The van der Waals surface area contributed by atoms with Crippen LogP contribution in [0, 0.1) is 11.6 Å². The number of hydrogen-bond acceptors (Lipinski definition) is 3. The van der Waals surface area contributed by atoms with Gasteiger partial charge < -0.3 is 10.2 Å². The molecule has 5 heteroatoms.